The summed E-state index contributed by atoms with van der Waals surface area (Å²) in [7, 11) is 1.64. The highest BCUT2D eigenvalue weighted by molar-refractivity contribution is 5.43. The number of nitrogens with zero attached hydrogens (tertiary/aromatic N) is 2. The van der Waals surface area contributed by atoms with Crippen LogP contribution in [-0.4, -0.2) is 67.5 Å². The van der Waals surface area contributed by atoms with Crippen molar-refractivity contribution >= 4 is 0 Å². The molecule has 0 unspecified atom stereocenters. The maximum absolute atomic E-state index is 10.5. The molecule has 1 saturated heterocycles. The van der Waals surface area contributed by atoms with Crippen LogP contribution >= 0.6 is 0 Å². The van der Waals surface area contributed by atoms with E-state index in [1.807, 2.05) is 30.4 Å². The number of ether oxygens (including phenoxy) is 2. The van der Waals surface area contributed by atoms with Crippen molar-refractivity contribution in [3.8, 4) is 11.5 Å². The van der Waals surface area contributed by atoms with Gasteiger partial charge >= 0.3 is 0 Å². The smallest absolute Gasteiger partial charge is 0.161 e. The van der Waals surface area contributed by atoms with Crippen molar-refractivity contribution in [3.63, 3.8) is 0 Å². The summed E-state index contributed by atoms with van der Waals surface area (Å²) < 4.78 is 11.4. The zero-order valence-electron chi connectivity index (χ0n) is 18.0. The lowest BCUT2D eigenvalue weighted by molar-refractivity contribution is 0.0644. The molecule has 1 aromatic rings. The van der Waals surface area contributed by atoms with E-state index in [2.05, 4.69) is 23.0 Å². The number of rotatable bonds is 12. The van der Waals surface area contributed by atoms with Crippen LogP contribution < -0.4 is 9.47 Å². The fourth-order valence-electron chi connectivity index (χ4n) is 3.79. The molecule has 1 N–H and O–H groups in total. The molecule has 1 fully saturated rings. The zero-order valence-corrected chi connectivity index (χ0v) is 18.0. The normalized spacial score (nSPS) is 16.7. The second-order valence-corrected chi connectivity index (χ2v) is 7.79. The van der Waals surface area contributed by atoms with Crippen LogP contribution in [0.15, 0.2) is 43.5 Å². The van der Waals surface area contributed by atoms with Crippen LogP contribution in [0.4, 0.5) is 0 Å². The van der Waals surface area contributed by atoms with Crippen LogP contribution in [0, 0.1) is 0 Å². The summed E-state index contributed by atoms with van der Waals surface area (Å²) in [6.07, 6.45) is 9.64. The van der Waals surface area contributed by atoms with Crippen molar-refractivity contribution in [2.75, 3.05) is 46.4 Å². The Hall–Kier alpha value is -1.82. The predicted octanol–water partition coefficient (Wildman–Crippen LogP) is 3.88. The molecule has 0 saturated carbocycles. The van der Waals surface area contributed by atoms with E-state index in [9.17, 15) is 5.11 Å². The number of benzene rings is 1. The minimum atomic E-state index is -0.513. The summed E-state index contributed by atoms with van der Waals surface area (Å²) in [5.74, 6) is 1.36. The first kappa shape index (κ1) is 23.5. The number of methoxy groups -OCH3 is 1. The highest BCUT2D eigenvalue weighted by Gasteiger charge is 2.15. The van der Waals surface area contributed by atoms with Crippen molar-refractivity contribution in [1.29, 1.82) is 0 Å². The first-order valence-corrected chi connectivity index (χ1v) is 10.8. The predicted molar refractivity (Wildman–Crippen MR) is 120 cm³/mol. The summed E-state index contributed by atoms with van der Waals surface area (Å²) >= 11 is 0. The number of likely N-dealkylation sites (tertiary alicyclic amines) is 1. The van der Waals surface area contributed by atoms with Gasteiger partial charge in [-0.25, -0.2) is 0 Å². The Kier molecular flexibility index (Phi) is 10.8. The minimum Gasteiger partial charge on any atom is -0.493 e. The Morgan fingerprint density at radius 3 is 2.34 bits per heavy atom. The standard InChI is InChI=1S/C24H38N2O3/c1-4-13-25(14-5-2)18-21-11-12-23(28-3)24(17-21)29-20-22(27)19-26-15-9-7-6-8-10-16-26/h4-5,11-12,17,22,27H,1-2,6-10,13-16,18-20H2,3H3/t22-/m1/s1. The maximum Gasteiger partial charge on any atom is 0.161 e. The summed E-state index contributed by atoms with van der Waals surface area (Å²) in [4.78, 5) is 4.60. The largest absolute Gasteiger partial charge is 0.493 e. The Morgan fingerprint density at radius 1 is 1.07 bits per heavy atom. The molecule has 0 bridgehead atoms. The monoisotopic (exact) mass is 402 g/mol. The lowest BCUT2D eigenvalue weighted by Gasteiger charge is -2.27. The van der Waals surface area contributed by atoms with Gasteiger partial charge in [-0.2, -0.15) is 0 Å². The molecule has 5 heteroatoms. The van der Waals surface area contributed by atoms with Gasteiger partial charge in [-0.05, 0) is 43.6 Å². The summed E-state index contributed by atoms with van der Waals surface area (Å²) in [6, 6.07) is 5.97. The number of aliphatic hydroxyl groups is 1. The summed E-state index contributed by atoms with van der Waals surface area (Å²) in [5, 5.41) is 10.5. The Morgan fingerprint density at radius 2 is 1.72 bits per heavy atom. The Bertz CT molecular complexity index is 602. The Labute approximate surface area is 176 Å². The van der Waals surface area contributed by atoms with Crippen LogP contribution in [0.3, 0.4) is 0 Å². The molecule has 162 valence electrons. The minimum absolute atomic E-state index is 0.263. The quantitative estimate of drug-likeness (QED) is 0.538. The maximum atomic E-state index is 10.5. The topological polar surface area (TPSA) is 45.2 Å². The van der Waals surface area contributed by atoms with Gasteiger partial charge in [0.15, 0.2) is 11.5 Å². The molecule has 0 radical (unpaired) electrons. The highest BCUT2D eigenvalue weighted by atomic mass is 16.5. The SMILES string of the molecule is C=CCN(CC=C)Cc1ccc(OC)c(OC[C@H](O)CN2CCCCCCC2)c1. The average Bonchev–Trinajstić information content (AvgIpc) is 2.69. The van der Waals surface area contributed by atoms with E-state index in [0.29, 0.717) is 18.0 Å². The van der Waals surface area contributed by atoms with Gasteiger partial charge in [-0.3, -0.25) is 4.90 Å². The second-order valence-electron chi connectivity index (χ2n) is 7.79. The lowest BCUT2D eigenvalue weighted by atomic mass is 10.1. The lowest BCUT2D eigenvalue weighted by Crippen LogP contribution is -2.37. The van der Waals surface area contributed by atoms with Crippen LogP contribution in [-0.2, 0) is 6.54 Å². The van der Waals surface area contributed by atoms with E-state index < -0.39 is 6.10 Å². The van der Waals surface area contributed by atoms with Crippen molar-refractivity contribution in [3.05, 3.63) is 49.1 Å². The van der Waals surface area contributed by atoms with Crippen molar-refractivity contribution in [1.82, 2.24) is 9.80 Å². The van der Waals surface area contributed by atoms with Gasteiger partial charge in [0.2, 0.25) is 0 Å². The molecule has 1 heterocycles. The molecule has 1 atom stereocenters. The van der Waals surface area contributed by atoms with Gasteiger partial charge in [0.05, 0.1) is 7.11 Å². The first-order chi connectivity index (χ1) is 14.2. The Balaban J connectivity index is 1.93. The van der Waals surface area contributed by atoms with Gasteiger partial charge < -0.3 is 19.5 Å². The van der Waals surface area contributed by atoms with E-state index in [-0.39, 0.29) is 6.61 Å². The third-order valence-electron chi connectivity index (χ3n) is 5.26. The molecule has 0 spiro atoms. The first-order valence-electron chi connectivity index (χ1n) is 10.8. The molecule has 5 nitrogen and oxygen atoms in total. The molecule has 29 heavy (non-hydrogen) atoms. The molecule has 1 aliphatic rings. The van der Waals surface area contributed by atoms with Gasteiger partial charge in [0, 0.05) is 26.2 Å². The van der Waals surface area contributed by atoms with Gasteiger partial charge in [0.1, 0.15) is 12.7 Å². The molecule has 0 aromatic heterocycles. The number of hydrogen-bond acceptors (Lipinski definition) is 5. The van der Waals surface area contributed by atoms with Crippen LogP contribution in [0.1, 0.15) is 37.7 Å². The van der Waals surface area contributed by atoms with E-state index in [1.165, 1.54) is 32.1 Å². The fourth-order valence-corrected chi connectivity index (χ4v) is 3.79. The van der Waals surface area contributed by atoms with Crippen molar-refractivity contribution in [2.45, 2.75) is 44.8 Å². The third-order valence-corrected chi connectivity index (χ3v) is 5.26. The van der Waals surface area contributed by atoms with E-state index in [1.54, 1.807) is 7.11 Å². The second kappa shape index (κ2) is 13.4. The summed E-state index contributed by atoms with van der Waals surface area (Å²) in [5.41, 5.74) is 1.13. The van der Waals surface area contributed by atoms with Crippen LogP contribution in [0.25, 0.3) is 0 Å². The number of β-amino-alcohol motifs (C(OH)–C–C–N with tert-alkyl or cyclic N) is 1. The van der Waals surface area contributed by atoms with E-state index in [4.69, 9.17) is 9.47 Å². The van der Waals surface area contributed by atoms with Crippen molar-refractivity contribution < 1.29 is 14.6 Å². The molecule has 2 rings (SSSR count). The van der Waals surface area contributed by atoms with E-state index >= 15 is 0 Å². The molecule has 1 aliphatic heterocycles. The molecular formula is C24H38N2O3. The van der Waals surface area contributed by atoms with Crippen molar-refractivity contribution in [2.24, 2.45) is 0 Å². The fraction of sp³-hybridized carbons (Fsp3) is 0.583. The average molecular weight is 403 g/mol. The summed E-state index contributed by atoms with van der Waals surface area (Å²) in [6.45, 7) is 13.1. The van der Waals surface area contributed by atoms with E-state index in [0.717, 1.165) is 38.3 Å². The molecular weight excluding hydrogens is 364 g/mol. The molecule has 1 aromatic carbocycles. The molecule has 0 aliphatic carbocycles. The molecule has 0 amide bonds. The third kappa shape index (κ3) is 8.60. The van der Waals surface area contributed by atoms with Gasteiger partial charge in [-0.1, -0.05) is 37.5 Å². The van der Waals surface area contributed by atoms with Gasteiger partial charge in [0.25, 0.3) is 0 Å². The number of aliphatic hydroxyl groups excluding tert-OH is 1. The number of hydrogen-bond donors (Lipinski definition) is 1. The highest BCUT2D eigenvalue weighted by Crippen LogP contribution is 2.29. The van der Waals surface area contributed by atoms with Crippen LogP contribution in [0.5, 0.6) is 11.5 Å². The van der Waals surface area contributed by atoms with Gasteiger partial charge in [-0.15, -0.1) is 13.2 Å². The zero-order chi connectivity index (χ0) is 20.9. The van der Waals surface area contributed by atoms with Crippen LogP contribution in [0.2, 0.25) is 0 Å².